The van der Waals surface area contributed by atoms with E-state index < -0.39 is 11.9 Å². The highest BCUT2D eigenvalue weighted by molar-refractivity contribution is 5.96. The average Bonchev–Trinajstić information content (AvgIpc) is 2.04. The quantitative estimate of drug-likeness (QED) is 0.806. The van der Waals surface area contributed by atoms with Crippen LogP contribution in [0.5, 0.6) is 0 Å². The summed E-state index contributed by atoms with van der Waals surface area (Å²) >= 11 is 0. The lowest BCUT2D eigenvalue weighted by atomic mass is 9.81. The average molecular weight is 229 g/mol. The van der Waals surface area contributed by atoms with Gasteiger partial charge in [-0.25, -0.2) is 9.59 Å². The van der Waals surface area contributed by atoms with Crippen LogP contribution in [0.3, 0.4) is 0 Å². The molecule has 0 radical (unpaired) electrons. The lowest BCUT2D eigenvalue weighted by molar-refractivity contribution is 0.0677. The Balaban J connectivity index is 0.00000112. The second kappa shape index (κ2) is 3.90. The van der Waals surface area contributed by atoms with Crippen LogP contribution in [0.15, 0.2) is 12.1 Å². The van der Waals surface area contributed by atoms with E-state index in [0.29, 0.717) is 24.0 Å². The third-order valence-corrected chi connectivity index (χ3v) is 2.52. The molecule has 0 fully saturated rings. The molecule has 0 saturated carbocycles. The first-order valence-electron chi connectivity index (χ1n) is 4.22. The summed E-state index contributed by atoms with van der Waals surface area (Å²) in [6.07, 6.45) is 1.33. The maximum Gasteiger partial charge on any atom is 0.335 e. The summed E-state index contributed by atoms with van der Waals surface area (Å²) in [7, 11) is 0. The largest absolute Gasteiger partial charge is 0.478 e. The van der Waals surface area contributed by atoms with Crippen LogP contribution in [-0.4, -0.2) is 22.2 Å². The Morgan fingerprint density at radius 3 is 1.47 bits per heavy atom. The molecule has 1 aliphatic rings. The van der Waals surface area contributed by atoms with Gasteiger partial charge >= 0.3 is 11.9 Å². The minimum Gasteiger partial charge on any atom is -0.478 e. The van der Waals surface area contributed by atoms with Gasteiger partial charge < -0.3 is 10.2 Å². The van der Waals surface area contributed by atoms with Crippen LogP contribution in [-0.2, 0) is 12.8 Å². The number of hydrogen-bond acceptors (Lipinski definition) is 2. The van der Waals surface area contributed by atoms with Crippen LogP contribution < -0.4 is 0 Å². The molecule has 1 aliphatic carbocycles. The highest BCUT2D eigenvalue weighted by atomic mass is 35.5. The van der Waals surface area contributed by atoms with E-state index in [2.05, 4.69) is 0 Å². The molecule has 80 valence electrons. The zero-order valence-electron chi connectivity index (χ0n) is 7.69. The minimum absolute atomic E-state index is 0. The monoisotopic (exact) mass is 228 g/mol. The van der Waals surface area contributed by atoms with Gasteiger partial charge in [0.15, 0.2) is 0 Å². The number of carboxylic acids is 2. The van der Waals surface area contributed by atoms with E-state index in [4.69, 9.17) is 10.2 Å². The number of hydrogen-bond donors (Lipinski definition) is 2. The van der Waals surface area contributed by atoms with Gasteiger partial charge in [0.1, 0.15) is 0 Å². The summed E-state index contributed by atoms with van der Waals surface area (Å²) in [5.74, 6) is -1.98. The Morgan fingerprint density at radius 1 is 0.933 bits per heavy atom. The summed E-state index contributed by atoms with van der Waals surface area (Å²) in [5, 5.41) is 17.6. The number of fused-ring (bicyclic) bond motifs is 1. The van der Waals surface area contributed by atoms with Crippen molar-refractivity contribution in [2.24, 2.45) is 0 Å². The lowest BCUT2D eigenvalue weighted by Crippen LogP contribution is -2.19. The maximum absolute atomic E-state index is 10.7. The third-order valence-electron chi connectivity index (χ3n) is 2.52. The Bertz CT molecular complexity index is 398. The number of carbonyl (C=O) groups is 2. The number of rotatable bonds is 2. The molecule has 0 aromatic heterocycles. The zero-order valence-corrected chi connectivity index (χ0v) is 8.50. The van der Waals surface area contributed by atoms with Crippen molar-refractivity contribution >= 4 is 24.3 Å². The van der Waals surface area contributed by atoms with Gasteiger partial charge in [-0.15, -0.1) is 12.4 Å². The van der Waals surface area contributed by atoms with Gasteiger partial charge in [0, 0.05) is 0 Å². The summed E-state index contributed by atoms with van der Waals surface area (Å²) in [5.41, 5.74) is 1.82. The van der Waals surface area contributed by atoms with E-state index in [1.807, 2.05) is 0 Å². The van der Waals surface area contributed by atoms with Crippen LogP contribution in [0.2, 0.25) is 0 Å². The molecule has 15 heavy (non-hydrogen) atoms. The van der Waals surface area contributed by atoms with Gasteiger partial charge in [0.2, 0.25) is 0 Å². The van der Waals surface area contributed by atoms with Crippen LogP contribution in [0, 0.1) is 0 Å². The molecule has 0 bridgehead atoms. The molecule has 0 atom stereocenters. The number of benzene rings is 1. The van der Waals surface area contributed by atoms with E-state index in [1.54, 1.807) is 0 Å². The van der Waals surface area contributed by atoms with Crippen molar-refractivity contribution in [3.8, 4) is 0 Å². The fraction of sp³-hybridized carbons (Fsp3) is 0.200. The highest BCUT2D eigenvalue weighted by Crippen LogP contribution is 2.29. The molecule has 0 amide bonds. The van der Waals surface area contributed by atoms with Gasteiger partial charge in [-0.05, 0) is 36.1 Å². The van der Waals surface area contributed by atoms with Crippen LogP contribution in [0.1, 0.15) is 31.8 Å². The van der Waals surface area contributed by atoms with Crippen LogP contribution >= 0.6 is 12.4 Å². The van der Waals surface area contributed by atoms with E-state index in [1.165, 1.54) is 12.1 Å². The van der Waals surface area contributed by atoms with Crippen molar-refractivity contribution in [2.45, 2.75) is 12.8 Å². The highest BCUT2D eigenvalue weighted by Gasteiger charge is 2.26. The molecule has 0 heterocycles. The van der Waals surface area contributed by atoms with Crippen molar-refractivity contribution < 1.29 is 19.8 Å². The topological polar surface area (TPSA) is 74.6 Å². The predicted molar refractivity (Wildman–Crippen MR) is 55.0 cm³/mol. The molecule has 2 rings (SSSR count). The van der Waals surface area contributed by atoms with Crippen molar-refractivity contribution in [1.82, 2.24) is 0 Å². The van der Waals surface area contributed by atoms with Gasteiger partial charge in [-0.3, -0.25) is 0 Å². The molecule has 4 nitrogen and oxygen atoms in total. The van der Waals surface area contributed by atoms with Gasteiger partial charge in [-0.1, -0.05) is 0 Å². The fourth-order valence-corrected chi connectivity index (χ4v) is 1.74. The van der Waals surface area contributed by atoms with Gasteiger partial charge in [-0.2, -0.15) is 0 Å². The lowest BCUT2D eigenvalue weighted by Gasteiger charge is -2.22. The molecular weight excluding hydrogens is 220 g/mol. The Hall–Kier alpha value is -1.55. The Morgan fingerprint density at radius 2 is 1.27 bits per heavy atom. The fourth-order valence-electron chi connectivity index (χ4n) is 1.74. The molecule has 0 aliphatic heterocycles. The normalized spacial score (nSPS) is 12.0. The standard InChI is InChI=1S/C10H8O4.ClH/c11-9(12)7-3-4-8(10(13)14)6-2-1-5(6)7;/h3-4H,1-2H2,(H,11,12)(H,13,14);1H. The predicted octanol–water partition coefficient (Wildman–Crippen LogP) is 1.60. The summed E-state index contributed by atoms with van der Waals surface area (Å²) < 4.78 is 0. The number of carboxylic acid groups (broad SMARTS) is 2. The van der Waals surface area contributed by atoms with E-state index in [-0.39, 0.29) is 23.5 Å². The molecule has 0 unspecified atom stereocenters. The molecule has 5 heteroatoms. The van der Waals surface area contributed by atoms with Crippen molar-refractivity contribution in [3.63, 3.8) is 0 Å². The molecule has 2 N–H and O–H groups in total. The third kappa shape index (κ3) is 1.68. The SMILES string of the molecule is Cl.O=C(O)c1ccc(C(=O)O)c2c1CC2. The first-order chi connectivity index (χ1) is 6.61. The van der Waals surface area contributed by atoms with Gasteiger partial charge in [0.25, 0.3) is 0 Å². The van der Waals surface area contributed by atoms with Crippen LogP contribution in [0.4, 0.5) is 0 Å². The van der Waals surface area contributed by atoms with Gasteiger partial charge in [0.05, 0.1) is 11.1 Å². The smallest absolute Gasteiger partial charge is 0.335 e. The number of halogens is 1. The van der Waals surface area contributed by atoms with E-state index in [0.717, 1.165) is 0 Å². The summed E-state index contributed by atoms with van der Waals surface area (Å²) in [6.45, 7) is 0. The minimum atomic E-state index is -0.988. The summed E-state index contributed by atoms with van der Waals surface area (Å²) in [6, 6.07) is 2.73. The zero-order chi connectivity index (χ0) is 10.3. The first kappa shape index (κ1) is 11.5. The molecular formula is C10H9ClO4. The van der Waals surface area contributed by atoms with Crippen molar-refractivity contribution in [3.05, 3.63) is 34.4 Å². The molecule has 1 aromatic rings. The Labute approximate surface area is 91.9 Å². The number of aromatic carboxylic acids is 2. The molecule has 0 saturated heterocycles. The maximum atomic E-state index is 10.7. The van der Waals surface area contributed by atoms with E-state index >= 15 is 0 Å². The Kier molecular flexibility index (Phi) is 3.00. The second-order valence-electron chi connectivity index (χ2n) is 3.23. The first-order valence-corrected chi connectivity index (χ1v) is 4.22. The molecule has 1 aromatic carbocycles. The van der Waals surface area contributed by atoms with Crippen molar-refractivity contribution in [1.29, 1.82) is 0 Å². The van der Waals surface area contributed by atoms with E-state index in [9.17, 15) is 9.59 Å². The van der Waals surface area contributed by atoms with Crippen molar-refractivity contribution in [2.75, 3.05) is 0 Å². The summed E-state index contributed by atoms with van der Waals surface area (Å²) in [4.78, 5) is 21.5. The second-order valence-corrected chi connectivity index (χ2v) is 3.23. The molecule has 0 spiro atoms. The van der Waals surface area contributed by atoms with Crippen LogP contribution in [0.25, 0.3) is 0 Å².